The second kappa shape index (κ2) is 3.85. The van der Waals surface area contributed by atoms with E-state index in [-0.39, 0.29) is 5.54 Å². The molecule has 1 aliphatic heterocycles. The summed E-state index contributed by atoms with van der Waals surface area (Å²) in [5.41, 5.74) is 2.26. The molecule has 0 saturated carbocycles. The van der Waals surface area contributed by atoms with Gasteiger partial charge in [0.05, 0.1) is 11.1 Å². The molecule has 1 aromatic heterocycles. The average Bonchev–Trinajstić information content (AvgIpc) is 2.94. The van der Waals surface area contributed by atoms with E-state index in [2.05, 4.69) is 17.2 Å². The third-order valence-corrected chi connectivity index (χ3v) is 3.86. The molecule has 4 heteroatoms. The van der Waals surface area contributed by atoms with Crippen molar-refractivity contribution in [2.75, 3.05) is 6.54 Å². The predicted molar refractivity (Wildman–Crippen MR) is 69.8 cm³/mol. The van der Waals surface area contributed by atoms with Gasteiger partial charge in [0.1, 0.15) is 0 Å². The molecule has 4 nitrogen and oxygen atoms in total. The first-order valence-corrected chi connectivity index (χ1v) is 6.21. The highest BCUT2D eigenvalue weighted by Gasteiger charge is 2.31. The van der Waals surface area contributed by atoms with Crippen LogP contribution in [0.1, 0.15) is 35.8 Å². The summed E-state index contributed by atoms with van der Waals surface area (Å²) < 4.78 is 0. The minimum absolute atomic E-state index is 0.0607. The molecule has 0 aliphatic carbocycles. The number of nitrogens with one attached hydrogen (secondary N) is 2. The summed E-state index contributed by atoms with van der Waals surface area (Å²) in [4.78, 5) is 14.5. The molecule has 2 aromatic rings. The van der Waals surface area contributed by atoms with E-state index in [1.54, 1.807) is 12.1 Å². The van der Waals surface area contributed by atoms with Crippen molar-refractivity contribution in [1.29, 1.82) is 0 Å². The van der Waals surface area contributed by atoms with Gasteiger partial charge in [0.25, 0.3) is 0 Å². The number of aromatic nitrogens is 1. The van der Waals surface area contributed by atoms with Crippen molar-refractivity contribution in [3.05, 3.63) is 35.5 Å². The van der Waals surface area contributed by atoms with Crippen LogP contribution in [0.2, 0.25) is 0 Å². The normalized spacial score (nSPS) is 23.6. The highest BCUT2D eigenvalue weighted by Crippen LogP contribution is 2.32. The number of aromatic carboxylic acids is 1. The van der Waals surface area contributed by atoms with E-state index < -0.39 is 5.97 Å². The quantitative estimate of drug-likeness (QED) is 0.760. The third kappa shape index (κ3) is 1.61. The number of hydrogen-bond acceptors (Lipinski definition) is 2. The van der Waals surface area contributed by atoms with Gasteiger partial charge >= 0.3 is 5.97 Å². The fourth-order valence-corrected chi connectivity index (χ4v) is 2.76. The predicted octanol–water partition coefficient (Wildman–Crippen LogP) is 2.46. The van der Waals surface area contributed by atoms with Crippen LogP contribution < -0.4 is 5.32 Å². The Morgan fingerprint density at radius 2 is 2.28 bits per heavy atom. The van der Waals surface area contributed by atoms with Crippen LogP contribution >= 0.6 is 0 Å². The summed E-state index contributed by atoms with van der Waals surface area (Å²) in [5.74, 6) is -0.879. The number of hydrogen-bond donors (Lipinski definition) is 3. The Morgan fingerprint density at radius 3 is 2.94 bits per heavy atom. The van der Waals surface area contributed by atoms with Crippen LogP contribution in [0.3, 0.4) is 0 Å². The zero-order valence-electron chi connectivity index (χ0n) is 10.3. The van der Waals surface area contributed by atoms with Crippen LogP contribution in [0.25, 0.3) is 10.9 Å². The van der Waals surface area contributed by atoms with Gasteiger partial charge in [-0.2, -0.15) is 0 Å². The standard InChI is InChI=1S/C14H16N2O2/c1-14(6-3-7-15-14)12-8-10-9(13(17)18)4-2-5-11(10)16-12/h2,4-5,8,15-16H,3,6-7H2,1H3,(H,17,18)/t14-/m1/s1. The lowest BCUT2D eigenvalue weighted by atomic mass is 9.96. The van der Waals surface area contributed by atoms with Crippen molar-refractivity contribution in [3.63, 3.8) is 0 Å². The second-order valence-electron chi connectivity index (χ2n) is 5.12. The van der Waals surface area contributed by atoms with Crippen molar-refractivity contribution in [2.24, 2.45) is 0 Å². The zero-order valence-corrected chi connectivity index (χ0v) is 10.3. The summed E-state index contributed by atoms with van der Waals surface area (Å²) in [6, 6.07) is 7.31. The highest BCUT2D eigenvalue weighted by molar-refractivity contribution is 6.03. The summed E-state index contributed by atoms with van der Waals surface area (Å²) in [6.07, 6.45) is 2.22. The third-order valence-electron chi connectivity index (χ3n) is 3.86. The Kier molecular flexibility index (Phi) is 2.41. The van der Waals surface area contributed by atoms with Gasteiger partial charge in [0.2, 0.25) is 0 Å². The molecule has 18 heavy (non-hydrogen) atoms. The van der Waals surface area contributed by atoms with Crippen LogP contribution in [0.15, 0.2) is 24.3 Å². The topological polar surface area (TPSA) is 65.1 Å². The highest BCUT2D eigenvalue weighted by atomic mass is 16.4. The summed E-state index contributed by atoms with van der Waals surface area (Å²) >= 11 is 0. The number of carboxylic acids is 1. The van der Waals surface area contributed by atoms with Crippen LogP contribution in [0.4, 0.5) is 0 Å². The van der Waals surface area contributed by atoms with Gasteiger partial charge in [-0.3, -0.25) is 0 Å². The lowest BCUT2D eigenvalue weighted by molar-refractivity contribution is 0.0699. The van der Waals surface area contributed by atoms with Gasteiger partial charge in [-0.15, -0.1) is 0 Å². The van der Waals surface area contributed by atoms with E-state index in [9.17, 15) is 9.90 Å². The Hall–Kier alpha value is -1.81. The first-order chi connectivity index (χ1) is 8.60. The lowest BCUT2D eigenvalue weighted by Crippen LogP contribution is -2.33. The van der Waals surface area contributed by atoms with Gasteiger partial charge in [-0.25, -0.2) is 4.79 Å². The molecule has 1 fully saturated rings. The zero-order chi connectivity index (χ0) is 12.8. The molecule has 1 aliphatic rings. The first-order valence-electron chi connectivity index (χ1n) is 6.21. The van der Waals surface area contributed by atoms with E-state index in [0.29, 0.717) is 5.56 Å². The van der Waals surface area contributed by atoms with E-state index in [0.717, 1.165) is 36.0 Å². The molecular formula is C14H16N2O2. The molecule has 1 atom stereocenters. The first kappa shape index (κ1) is 11.3. The van der Waals surface area contributed by atoms with Crippen molar-refractivity contribution >= 4 is 16.9 Å². The number of aromatic amines is 1. The second-order valence-corrected chi connectivity index (χ2v) is 5.12. The van der Waals surface area contributed by atoms with E-state index >= 15 is 0 Å². The fraction of sp³-hybridized carbons (Fsp3) is 0.357. The van der Waals surface area contributed by atoms with E-state index in [1.807, 2.05) is 12.1 Å². The van der Waals surface area contributed by atoms with E-state index in [4.69, 9.17) is 0 Å². The maximum Gasteiger partial charge on any atom is 0.336 e. The molecular weight excluding hydrogens is 228 g/mol. The number of fused-ring (bicyclic) bond motifs is 1. The monoisotopic (exact) mass is 244 g/mol. The molecule has 0 bridgehead atoms. The van der Waals surface area contributed by atoms with Gasteiger partial charge in [-0.05, 0) is 44.5 Å². The number of carbonyl (C=O) groups is 1. The molecule has 0 spiro atoms. The molecule has 2 heterocycles. The average molecular weight is 244 g/mol. The van der Waals surface area contributed by atoms with Gasteiger partial charge in [0, 0.05) is 16.6 Å². The Balaban J connectivity index is 2.16. The summed E-state index contributed by atoms with van der Waals surface area (Å²) in [5, 5.41) is 13.5. The SMILES string of the molecule is C[C@]1(c2cc3c(C(=O)O)cccc3[nH]2)CCCN1. The molecule has 0 unspecified atom stereocenters. The number of benzene rings is 1. The molecule has 94 valence electrons. The van der Waals surface area contributed by atoms with Crippen molar-refractivity contribution < 1.29 is 9.90 Å². The van der Waals surface area contributed by atoms with Crippen molar-refractivity contribution in [1.82, 2.24) is 10.3 Å². The number of rotatable bonds is 2. The van der Waals surface area contributed by atoms with Gasteiger partial charge in [0.15, 0.2) is 0 Å². The summed E-state index contributed by atoms with van der Waals surface area (Å²) in [6.45, 7) is 3.17. The molecule has 1 aromatic carbocycles. The molecule has 3 rings (SSSR count). The van der Waals surface area contributed by atoms with Crippen molar-refractivity contribution in [3.8, 4) is 0 Å². The van der Waals surface area contributed by atoms with Crippen LogP contribution in [0, 0.1) is 0 Å². The molecule has 3 N–H and O–H groups in total. The fourth-order valence-electron chi connectivity index (χ4n) is 2.76. The Morgan fingerprint density at radius 1 is 1.44 bits per heavy atom. The minimum Gasteiger partial charge on any atom is -0.478 e. The lowest BCUT2D eigenvalue weighted by Gasteiger charge is -2.22. The molecule has 0 radical (unpaired) electrons. The Labute approximate surface area is 105 Å². The van der Waals surface area contributed by atoms with E-state index in [1.165, 1.54) is 0 Å². The number of H-pyrrole nitrogens is 1. The van der Waals surface area contributed by atoms with Crippen LogP contribution in [-0.4, -0.2) is 22.6 Å². The maximum absolute atomic E-state index is 11.2. The summed E-state index contributed by atoms with van der Waals surface area (Å²) in [7, 11) is 0. The molecule has 0 amide bonds. The smallest absolute Gasteiger partial charge is 0.336 e. The number of carboxylic acid groups (broad SMARTS) is 1. The molecule has 1 saturated heterocycles. The largest absolute Gasteiger partial charge is 0.478 e. The minimum atomic E-state index is -0.879. The Bertz CT molecular complexity index is 609. The van der Waals surface area contributed by atoms with Crippen LogP contribution in [0.5, 0.6) is 0 Å². The van der Waals surface area contributed by atoms with Crippen LogP contribution in [-0.2, 0) is 5.54 Å². The van der Waals surface area contributed by atoms with Gasteiger partial charge < -0.3 is 15.4 Å². The van der Waals surface area contributed by atoms with Gasteiger partial charge in [-0.1, -0.05) is 6.07 Å². The maximum atomic E-state index is 11.2. The van der Waals surface area contributed by atoms with Crippen molar-refractivity contribution in [2.45, 2.75) is 25.3 Å².